The van der Waals surface area contributed by atoms with Gasteiger partial charge < -0.3 is 0 Å². The number of para-hydroxylation sites is 1. The third kappa shape index (κ3) is 2.68. The molecule has 3 heteroatoms. The van der Waals surface area contributed by atoms with Gasteiger partial charge in [-0.2, -0.15) is 4.40 Å². The number of aryl methyl sites for hydroxylation is 2. The predicted octanol–water partition coefficient (Wildman–Crippen LogP) is 7.24. The summed E-state index contributed by atoms with van der Waals surface area (Å²) >= 11 is 0. The number of nitrogens with zero attached hydrogens (tertiary/aromatic N) is 3. The molecule has 3 heterocycles. The van der Waals surface area contributed by atoms with Gasteiger partial charge in [0.25, 0.3) is 5.65 Å². The van der Waals surface area contributed by atoms with Crippen LogP contribution >= 0.6 is 0 Å². The summed E-state index contributed by atoms with van der Waals surface area (Å²) in [4.78, 5) is 4.89. The molecule has 0 saturated heterocycles. The van der Waals surface area contributed by atoms with Crippen LogP contribution in [0.25, 0.3) is 38.5 Å². The molecular formula is C30H32N3+. The zero-order chi connectivity index (χ0) is 22.1. The molecule has 2 aromatic carbocycles. The second kappa shape index (κ2) is 7.28. The number of imidazole rings is 1. The van der Waals surface area contributed by atoms with Gasteiger partial charge in [0.2, 0.25) is 0 Å². The average molecular weight is 435 g/mol. The quantitative estimate of drug-likeness (QED) is 0.212. The molecular weight excluding hydrogens is 402 g/mol. The van der Waals surface area contributed by atoms with Crippen molar-refractivity contribution in [2.24, 2.45) is 7.05 Å². The highest BCUT2D eigenvalue weighted by Crippen LogP contribution is 2.46. The van der Waals surface area contributed by atoms with E-state index in [4.69, 9.17) is 4.98 Å². The van der Waals surface area contributed by atoms with Gasteiger partial charge in [0.15, 0.2) is 11.0 Å². The van der Waals surface area contributed by atoms with Crippen LogP contribution in [0, 0.1) is 6.92 Å². The number of benzene rings is 2. The lowest BCUT2D eigenvalue weighted by atomic mass is 9.84. The first-order valence-electron chi connectivity index (χ1n) is 12.9. The topological polar surface area (TPSA) is 21.2 Å². The lowest BCUT2D eigenvalue weighted by molar-refractivity contribution is -0.617. The van der Waals surface area contributed by atoms with E-state index in [2.05, 4.69) is 65.4 Å². The minimum atomic E-state index is 0.687. The van der Waals surface area contributed by atoms with Crippen LogP contribution in [0.5, 0.6) is 0 Å². The van der Waals surface area contributed by atoms with E-state index in [9.17, 15) is 0 Å². The highest BCUT2D eigenvalue weighted by atomic mass is 15.1. The zero-order valence-electron chi connectivity index (χ0n) is 19.8. The van der Waals surface area contributed by atoms with E-state index in [1.165, 1.54) is 89.9 Å². The summed E-state index contributed by atoms with van der Waals surface area (Å²) in [7, 11) is 2.26. The van der Waals surface area contributed by atoms with Crippen molar-refractivity contribution in [3.8, 4) is 0 Å². The highest BCUT2D eigenvalue weighted by molar-refractivity contribution is 6.12. The van der Waals surface area contributed by atoms with Crippen molar-refractivity contribution in [3.63, 3.8) is 0 Å². The Morgan fingerprint density at radius 2 is 1.61 bits per heavy atom. The fourth-order valence-corrected chi connectivity index (χ4v) is 7.15. The summed E-state index contributed by atoms with van der Waals surface area (Å²) in [6.07, 6.45) is 12.8. The van der Waals surface area contributed by atoms with Gasteiger partial charge in [-0.15, -0.1) is 0 Å². The summed E-state index contributed by atoms with van der Waals surface area (Å²) in [6, 6.07) is 16.0. The molecule has 33 heavy (non-hydrogen) atoms. The Bertz CT molecular complexity index is 1550. The molecule has 2 fully saturated rings. The molecule has 2 aliphatic carbocycles. The second-order valence-corrected chi connectivity index (χ2v) is 10.5. The molecule has 0 atom stereocenters. The molecule has 3 aromatic heterocycles. The highest BCUT2D eigenvalue weighted by Gasteiger charge is 2.33. The molecule has 0 unspecified atom stereocenters. The van der Waals surface area contributed by atoms with Crippen molar-refractivity contribution < 1.29 is 4.57 Å². The molecule has 0 aliphatic heterocycles. The Morgan fingerprint density at radius 3 is 2.39 bits per heavy atom. The Hall–Kier alpha value is -2.94. The van der Waals surface area contributed by atoms with Crippen LogP contribution in [0.4, 0.5) is 0 Å². The van der Waals surface area contributed by atoms with Gasteiger partial charge in [-0.25, -0.2) is 4.57 Å². The monoisotopic (exact) mass is 434 g/mol. The minimum Gasteiger partial charge on any atom is -0.255 e. The van der Waals surface area contributed by atoms with Crippen LogP contribution in [0.15, 0.2) is 48.7 Å². The van der Waals surface area contributed by atoms with E-state index in [0.29, 0.717) is 5.92 Å². The number of hydrogen-bond acceptors (Lipinski definition) is 1. The maximum atomic E-state index is 4.89. The van der Waals surface area contributed by atoms with Gasteiger partial charge in [0.05, 0.1) is 18.0 Å². The molecule has 3 nitrogen and oxygen atoms in total. The Morgan fingerprint density at radius 1 is 0.879 bits per heavy atom. The van der Waals surface area contributed by atoms with Crippen LogP contribution in [0.2, 0.25) is 0 Å². The largest absolute Gasteiger partial charge is 0.297 e. The van der Waals surface area contributed by atoms with E-state index in [1.54, 1.807) is 11.1 Å². The van der Waals surface area contributed by atoms with Gasteiger partial charge >= 0.3 is 0 Å². The summed E-state index contributed by atoms with van der Waals surface area (Å²) in [5, 5.41) is 2.54. The number of rotatable bonds is 2. The summed E-state index contributed by atoms with van der Waals surface area (Å²) in [5.41, 5.74) is 11.1. The molecule has 0 amide bonds. The van der Waals surface area contributed by atoms with E-state index < -0.39 is 0 Å². The third-order valence-electron chi connectivity index (χ3n) is 8.69. The molecule has 5 aromatic rings. The first-order valence-corrected chi connectivity index (χ1v) is 12.9. The Kier molecular flexibility index (Phi) is 4.31. The van der Waals surface area contributed by atoms with Crippen LogP contribution < -0.4 is 4.57 Å². The second-order valence-electron chi connectivity index (χ2n) is 10.5. The van der Waals surface area contributed by atoms with Crippen LogP contribution in [0.1, 0.15) is 79.9 Å². The molecule has 0 radical (unpaired) electrons. The molecule has 2 aliphatic rings. The van der Waals surface area contributed by atoms with Crippen LogP contribution in [-0.2, 0) is 7.05 Å². The van der Waals surface area contributed by atoms with E-state index in [-0.39, 0.29) is 0 Å². The van der Waals surface area contributed by atoms with E-state index in [1.807, 2.05) is 6.20 Å². The standard InChI is InChI=1S/C30H32N3/c1-19-17-18-31-28-23-13-7-8-14-24(23)33-29-25(32(2)30(33)26(19)28)16-15-22(20-9-3-4-10-20)27(29)21-11-5-6-12-21/h7-8,13-18,20-21H,3-6,9-12H2,1-2H3/q+1. The predicted molar refractivity (Wildman–Crippen MR) is 136 cm³/mol. The molecule has 0 bridgehead atoms. The van der Waals surface area contributed by atoms with Crippen LogP contribution in [0.3, 0.4) is 0 Å². The maximum absolute atomic E-state index is 4.89. The lowest BCUT2D eigenvalue weighted by Crippen LogP contribution is -2.27. The number of pyridine rings is 2. The van der Waals surface area contributed by atoms with E-state index in [0.717, 1.165) is 11.4 Å². The van der Waals surface area contributed by atoms with Crippen molar-refractivity contribution in [2.75, 3.05) is 0 Å². The van der Waals surface area contributed by atoms with Crippen molar-refractivity contribution in [3.05, 3.63) is 65.4 Å². The number of hydrogen-bond donors (Lipinski definition) is 0. The fourth-order valence-electron chi connectivity index (χ4n) is 7.15. The van der Waals surface area contributed by atoms with Crippen LogP contribution in [-0.4, -0.2) is 9.38 Å². The number of aromatic nitrogens is 3. The molecule has 166 valence electrons. The smallest absolute Gasteiger partial charge is 0.255 e. The summed E-state index contributed by atoms with van der Waals surface area (Å²) < 4.78 is 5.05. The minimum absolute atomic E-state index is 0.687. The van der Waals surface area contributed by atoms with Crippen molar-refractivity contribution in [1.82, 2.24) is 9.38 Å². The summed E-state index contributed by atoms with van der Waals surface area (Å²) in [5.74, 6) is 1.42. The molecule has 0 N–H and O–H groups in total. The van der Waals surface area contributed by atoms with Gasteiger partial charge in [-0.1, -0.05) is 43.9 Å². The Balaban J connectivity index is 1.74. The molecule has 7 rings (SSSR count). The number of fused-ring (bicyclic) bond motifs is 8. The zero-order valence-corrected chi connectivity index (χ0v) is 19.8. The lowest BCUT2D eigenvalue weighted by Gasteiger charge is -2.20. The third-order valence-corrected chi connectivity index (χ3v) is 8.69. The fraction of sp³-hybridized carbons (Fsp3) is 0.400. The Labute approximate surface area is 195 Å². The SMILES string of the molecule is Cc1ccnc2c3ccccc3n3c4c(C5CCCC5)c(C5CCCC5)ccc4[n+](C)c3c12. The van der Waals surface area contributed by atoms with Crippen molar-refractivity contribution in [1.29, 1.82) is 0 Å². The maximum Gasteiger partial charge on any atom is 0.297 e. The average Bonchev–Trinajstić information content (AvgIpc) is 3.61. The van der Waals surface area contributed by atoms with Gasteiger partial charge in [-0.05, 0) is 79.8 Å². The first kappa shape index (κ1) is 19.5. The van der Waals surface area contributed by atoms with Crippen molar-refractivity contribution >= 4 is 38.5 Å². The van der Waals surface area contributed by atoms with Gasteiger partial charge in [0, 0.05) is 17.1 Å². The first-order chi connectivity index (χ1) is 16.2. The van der Waals surface area contributed by atoms with Gasteiger partial charge in [0.1, 0.15) is 5.52 Å². The molecule has 0 spiro atoms. The van der Waals surface area contributed by atoms with Gasteiger partial charge in [-0.3, -0.25) is 4.98 Å². The van der Waals surface area contributed by atoms with E-state index >= 15 is 0 Å². The normalized spacial score (nSPS) is 18.0. The summed E-state index contributed by atoms with van der Waals surface area (Å²) in [6.45, 7) is 2.23. The molecule has 2 saturated carbocycles. The van der Waals surface area contributed by atoms with Crippen molar-refractivity contribution in [2.45, 2.75) is 70.1 Å².